The quantitative estimate of drug-likeness (QED) is 0.744. The lowest BCUT2D eigenvalue weighted by molar-refractivity contribution is -0.163. The first kappa shape index (κ1) is 19.7. The summed E-state index contributed by atoms with van der Waals surface area (Å²) in [5.74, 6) is 2.17. The Morgan fingerprint density at radius 3 is 2.34 bits per heavy atom. The van der Waals surface area contributed by atoms with Crippen LogP contribution in [0.3, 0.4) is 0 Å². The zero-order valence-electron chi connectivity index (χ0n) is 17.8. The lowest BCUT2D eigenvalue weighted by Gasteiger charge is -2.58. The summed E-state index contributed by atoms with van der Waals surface area (Å²) in [6.45, 7) is 5.44. The molecule has 6 aliphatic rings. The van der Waals surface area contributed by atoms with Gasteiger partial charge in [-0.3, -0.25) is 4.79 Å². The van der Waals surface area contributed by atoms with E-state index in [1.165, 1.54) is 0 Å². The number of hydrogen-bond donors (Lipinski definition) is 2. The Morgan fingerprint density at radius 2 is 1.66 bits per heavy atom. The van der Waals surface area contributed by atoms with Crippen LogP contribution >= 0.6 is 0 Å². The van der Waals surface area contributed by atoms with Gasteiger partial charge in [0.25, 0.3) is 0 Å². The maximum atomic E-state index is 13.4. The molecule has 2 saturated heterocycles. The van der Waals surface area contributed by atoms with Gasteiger partial charge in [0.2, 0.25) is 5.91 Å². The van der Waals surface area contributed by atoms with E-state index < -0.39 is 0 Å². The fourth-order valence-corrected chi connectivity index (χ4v) is 7.28. The second kappa shape index (κ2) is 7.44. The number of rotatable bonds is 2. The third-order valence-corrected chi connectivity index (χ3v) is 8.79. The minimum Gasteiger partial charge on any atom is -0.393 e. The minimum atomic E-state index is -0.259. The molecule has 3 amide bonds. The number of aliphatic hydroxyl groups is 1. The summed E-state index contributed by atoms with van der Waals surface area (Å²) in [4.78, 5) is 30.3. The first-order valence-electron chi connectivity index (χ1n) is 12.0. The van der Waals surface area contributed by atoms with Crippen molar-refractivity contribution in [2.24, 2.45) is 29.1 Å². The van der Waals surface area contributed by atoms with Gasteiger partial charge in [-0.05, 0) is 81.5 Å². The maximum Gasteiger partial charge on any atom is 0.320 e. The van der Waals surface area contributed by atoms with Crippen molar-refractivity contribution in [3.8, 4) is 0 Å². The van der Waals surface area contributed by atoms with Crippen molar-refractivity contribution in [1.29, 1.82) is 0 Å². The molecule has 0 aromatic rings. The van der Waals surface area contributed by atoms with Gasteiger partial charge in [-0.25, -0.2) is 4.79 Å². The predicted octanol–water partition coefficient (Wildman–Crippen LogP) is 2.61. The van der Waals surface area contributed by atoms with Gasteiger partial charge in [0.15, 0.2) is 0 Å². The second-order valence-corrected chi connectivity index (χ2v) is 11.0. The molecule has 0 radical (unpaired) electrons. The van der Waals surface area contributed by atoms with Gasteiger partial charge < -0.3 is 20.2 Å². The Morgan fingerprint density at radius 1 is 0.966 bits per heavy atom. The number of aliphatic hydroxyl groups excluding tert-OH is 1. The molecule has 6 rings (SSSR count). The monoisotopic (exact) mass is 403 g/mol. The van der Waals surface area contributed by atoms with Crippen molar-refractivity contribution >= 4 is 11.9 Å². The number of nitrogens with zero attached hydrogens (tertiary/aromatic N) is 2. The maximum absolute atomic E-state index is 13.4. The van der Waals surface area contributed by atoms with Gasteiger partial charge in [-0.1, -0.05) is 6.92 Å². The molecule has 2 heterocycles. The molecule has 2 unspecified atom stereocenters. The number of carbonyl (C=O) groups excluding carboxylic acids is 2. The summed E-state index contributed by atoms with van der Waals surface area (Å²) < 4.78 is 0. The van der Waals surface area contributed by atoms with Gasteiger partial charge >= 0.3 is 6.03 Å². The fourth-order valence-electron chi connectivity index (χ4n) is 7.28. The van der Waals surface area contributed by atoms with Crippen LogP contribution in [0.1, 0.15) is 64.7 Å². The summed E-state index contributed by atoms with van der Waals surface area (Å²) in [6, 6.07) is 0.232. The topological polar surface area (TPSA) is 72.9 Å². The first-order chi connectivity index (χ1) is 13.9. The Labute approximate surface area is 174 Å². The van der Waals surface area contributed by atoms with Gasteiger partial charge in [0.1, 0.15) is 0 Å². The van der Waals surface area contributed by atoms with Crippen LogP contribution in [0.5, 0.6) is 0 Å². The average molecular weight is 404 g/mol. The molecule has 6 fully saturated rings. The van der Waals surface area contributed by atoms with E-state index in [1.54, 1.807) is 0 Å². The molecule has 4 aliphatic carbocycles. The highest BCUT2D eigenvalue weighted by atomic mass is 16.3. The lowest BCUT2D eigenvalue weighted by atomic mass is 9.48. The van der Waals surface area contributed by atoms with E-state index in [2.05, 4.69) is 12.2 Å². The number of likely N-dealkylation sites (tertiary alicyclic amines) is 2. The summed E-state index contributed by atoms with van der Waals surface area (Å²) in [5.41, 5.74) is -0.259. The molecule has 3 atom stereocenters. The Hall–Kier alpha value is -1.30. The van der Waals surface area contributed by atoms with Gasteiger partial charge in [-0.2, -0.15) is 0 Å². The minimum absolute atomic E-state index is 0.0712. The molecule has 6 heteroatoms. The highest BCUT2D eigenvalue weighted by Gasteiger charge is 2.58. The summed E-state index contributed by atoms with van der Waals surface area (Å²) >= 11 is 0. The van der Waals surface area contributed by atoms with Crippen molar-refractivity contribution in [3.05, 3.63) is 0 Å². The molecule has 2 aliphatic heterocycles. The molecule has 0 aromatic heterocycles. The SMILES string of the molecule is CC1CCN(C(=O)N2CCC[C@H](NC(=O)C34CC5CC(C3)C(O)C(C5)C4)C2)CC1. The Bertz CT molecular complexity index is 644. The third kappa shape index (κ3) is 3.55. The second-order valence-electron chi connectivity index (χ2n) is 11.0. The number of urea groups is 1. The number of nitrogens with one attached hydrogen (secondary N) is 1. The van der Waals surface area contributed by atoms with Gasteiger partial charge in [-0.15, -0.1) is 0 Å². The van der Waals surface area contributed by atoms with Crippen molar-refractivity contribution < 1.29 is 14.7 Å². The fraction of sp³-hybridized carbons (Fsp3) is 0.913. The molecular formula is C23H37N3O3. The van der Waals surface area contributed by atoms with Crippen LogP contribution in [0, 0.1) is 29.1 Å². The Balaban J connectivity index is 1.20. The standard InChI is InChI=1S/C23H37N3O3/c1-15-4-7-25(8-5-15)22(29)26-6-2-3-19(14-26)24-21(28)23-11-16-9-17(12-23)20(27)18(10-16)13-23/h15-20,27H,2-14H2,1H3,(H,24,28)/t16?,17?,18?,19-,20?,23?/m0/s1. The number of piperidine rings is 2. The third-order valence-electron chi connectivity index (χ3n) is 8.79. The van der Waals surface area contributed by atoms with Gasteiger partial charge in [0.05, 0.1) is 11.5 Å². The average Bonchev–Trinajstić information content (AvgIpc) is 2.71. The van der Waals surface area contributed by atoms with E-state index in [0.717, 1.165) is 77.4 Å². The molecule has 0 aromatic carbocycles. The molecule has 162 valence electrons. The Kier molecular flexibility index (Phi) is 5.04. The molecule has 29 heavy (non-hydrogen) atoms. The smallest absolute Gasteiger partial charge is 0.320 e. The molecule has 4 saturated carbocycles. The van der Waals surface area contributed by atoms with Crippen LogP contribution in [-0.2, 0) is 4.79 Å². The van der Waals surface area contributed by atoms with E-state index in [4.69, 9.17) is 0 Å². The molecule has 0 spiro atoms. The van der Waals surface area contributed by atoms with Crippen LogP contribution in [0.25, 0.3) is 0 Å². The van der Waals surface area contributed by atoms with E-state index >= 15 is 0 Å². The van der Waals surface area contributed by atoms with Gasteiger partial charge in [0, 0.05) is 32.2 Å². The molecule has 2 N–H and O–H groups in total. The number of amides is 3. The number of hydrogen-bond acceptors (Lipinski definition) is 3. The summed E-state index contributed by atoms with van der Waals surface area (Å²) in [7, 11) is 0. The summed E-state index contributed by atoms with van der Waals surface area (Å²) in [5, 5.41) is 13.9. The van der Waals surface area contributed by atoms with Crippen molar-refractivity contribution in [1.82, 2.24) is 15.1 Å². The molecule has 6 nitrogen and oxygen atoms in total. The normalized spacial score (nSPS) is 42.2. The van der Waals surface area contributed by atoms with E-state index in [-0.39, 0.29) is 29.5 Å². The largest absolute Gasteiger partial charge is 0.393 e. The summed E-state index contributed by atoms with van der Waals surface area (Å²) in [6.07, 6.45) is 8.84. The van der Waals surface area contributed by atoms with Crippen molar-refractivity contribution in [2.45, 2.75) is 76.9 Å². The lowest BCUT2D eigenvalue weighted by Crippen LogP contribution is -2.61. The molecular weight excluding hydrogens is 366 g/mol. The van der Waals surface area contributed by atoms with Crippen molar-refractivity contribution in [2.75, 3.05) is 26.2 Å². The predicted molar refractivity (Wildman–Crippen MR) is 110 cm³/mol. The highest BCUT2D eigenvalue weighted by Crippen LogP contribution is 2.60. The van der Waals surface area contributed by atoms with E-state index in [9.17, 15) is 14.7 Å². The highest BCUT2D eigenvalue weighted by molar-refractivity contribution is 5.83. The zero-order chi connectivity index (χ0) is 20.2. The van der Waals surface area contributed by atoms with Crippen LogP contribution in [0.2, 0.25) is 0 Å². The van der Waals surface area contributed by atoms with E-state index in [1.807, 2.05) is 9.80 Å². The van der Waals surface area contributed by atoms with Crippen LogP contribution in [0.15, 0.2) is 0 Å². The van der Waals surface area contributed by atoms with E-state index in [0.29, 0.717) is 30.2 Å². The van der Waals surface area contributed by atoms with Crippen molar-refractivity contribution in [3.63, 3.8) is 0 Å². The first-order valence-corrected chi connectivity index (χ1v) is 12.0. The van der Waals surface area contributed by atoms with Crippen LogP contribution in [0.4, 0.5) is 4.79 Å². The van der Waals surface area contributed by atoms with Crippen LogP contribution in [-0.4, -0.2) is 65.2 Å². The zero-order valence-corrected chi connectivity index (χ0v) is 17.8. The number of carbonyl (C=O) groups is 2. The van der Waals surface area contributed by atoms with Crippen LogP contribution < -0.4 is 5.32 Å². The molecule has 4 bridgehead atoms.